The highest BCUT2D eigenvalue weighted by Gasteiger charge is 2.05. The summed E-state index contributed by atoms with van der Waals surface area (Å²) in [6, 6.07) is 6.39. The first-order valence-electron chi connectivity index (χ1n) is 3.62. The average molecular weight is 194 g/mol. The number of carboxylic acid groups (broad SMARTS) is 1. The van der Waals surface area contributed by atoms with E-state index in [1.165, 1.54) is 17.4 Å². The molecule has 0 bridgehead atoms. The molecule has 0 atom stereocenters. The second-order valence-electron chi connectivity index (χ2n) is 2.64. The molecule has 0 saturated heterocycles. The summed E-state index contributed by atoms with van der Waals surface area (Å²) in [5.74, 6) is -0.949. The third kappa shape index (κ3) is 1.36. The number of hydrogen-bond donors (Lipinski definition) is 2. The fourth-order valence-corrected chi connectivity index (χ4v) is 1.99. The van der Waals surface area contributed by atoms with E-state index >= 15 is 0 Å². The van der Waals surface area contributed by atoms with Crippen molar-refractivity contribution in [1.82, 2.24) is 0 Å². The van der Waals surface area contributed by atoms with Crippen molar-refractivity contribution in [2.45, 2.75) is 0 Å². The van der Waals surface area contributed by atoms with Crippen LogP contribution in [0.4, 0.5) is 0 Å². The molecule has 2 aromatic rings. The fraction of sp³-hybridized carbons (Fsp3) is 0. The quantitative estimate of drug-likeness (QED) is 0.732. The number of carboxylic acids is 1. The monoisotopic (exact) mass is 194 g/mol. The van der Waals surface area contributed by atoms with Crippen LogP contribution < -0.4 is 0 Å². The lowest BCUT2D eigenvalue weighted by molar-refractivity contribution is 0.0697. The van der Waals surface area contributed by atoms with Crippen molar-refractivity contribution in [3.63, 3.8) is 0 Å². The maximum Gasteiger partial charge on any atom is 0.335 e. The van der Waals surface area contributed by atoms with Crippen LogP contribution in [0, 0.1) is 0 Å². The normalized spacial score (nSPS) is 10.5. The van der Waals surface area contributed by atoms with Crippen LogP contribution in [0.15, 0.2) is 24.3 Å². The predicted molar refractivity (Wildman–Crippen MR) is 50.4 cm³/mol. The molecule has 2 rings (SSSR count). The van der Waals surface area contributed by atoms with Gasteiger partial charge >= 0.3 is 5.97 Å². The zero-order valence-corrected chi connectivity index (χ0v) is 7.34. The van der Waals surface area contributed by atoms with E-state index in [1.54, 1.807) is 18.2 Å². The third-order valence-electron chi connectivity index (χ3n) is 1.75. The molecule has 0 saturated carbocycles. The van der Waals surface area contributed by atoms with E-state index in [-0.39, 0.29) is 10.6 Å². The molecule has 1 aromatic heterocycles. The molecule has 2 N–H and O–H groups in total. The van der Waals surface area contributed by atoms with E-state index in [4.69, 9.17) is 10.2 Å². The van der Waals surface area contributed by atoms with Crippen LogP contribution in [0.2, 0.25) is 0 Å². The number of aromatic carboxylic acids is 1. The van der Waals surface area contributed by atoms with Crippen molar-refractivity contribution in [2.24, 2.45) is 0 Å². The molecule has 66 valence electrons. The van der Waals surface area contributed by atoms with E-state index < -0.39 is 5.97 Å². The molecular weight excluding hydrogens is 188 g/mol. The summed E-state index contributed by atoms with van der Waals surface area (Å²) in [5.41, 5.74) is 0.245. The van der Waals surface area contributed by atoms with Gasteiger partial charge in [0.2, 0.25) is 0 Å². The average Bonchev–Trinajstić information content (AvgIpc) is 2.42. The van der Waals surface area contributed by atoms with Gasteiger partial charge in [-0.3, -0.25) is 0 Å². The Morgan fingerprint density at radius 2 is 2.08 bits per heavy atom. The minimum Gasteiger partial charge on any atom is -0.499 e. The number of carbonyl (C=O) groups is 1. The molecule has 0 aliphatic heterocycles. The fourth-order valence-electron chi connectivity index (χ4n) is 1.15. The number of hydrogen-bond acceptors (Lipinski definition) is 3. The van der Waals surface area contributed by atoms with Crippen molar-refractivity contribution in [3.8, 4) is 5.06 Å². The summed E-state index contributed by atoms with van der Waals surface area (Å²) in [6.45, 7) is 0. The van der Waals surface area contributed by atoms with Crippen molar-refractivity contribution < 1.29 is 15.0 Å². The summed E-state index contributed by atoms with van der Waals surface area (Å²) >= 11 is 1.18. The third-order valence-corrected chi connectivity index (χ3v) is 2.65. The first-order valence-corrected chi connectivity index (χ1v) is 4.44. The number of fused-ring (bicyclic) bond motifs is 1. The van der Waals surface area contributed by atoms with Gasteiger partial charge in [0.15, 0.2) is 5.06 Å². The van der Waals surface area contributed by atoms with E-state index in [2.05, 4.69) is 0 Å². The van der Waals surface area contributed by atoms with Crippen LogP contribution in [0.3, 0.4) is 0 Å². The Morgan fingerprint density at radius 1 is 1.31 bits per heavy atom. The Kier molecular flexibility index (Phi) is 1.70. The van der Waals surface area contributed by atoms with Crippen LogP contribution in [0.1, 0.15) is 10.4 Å². The molecule has 1 aromatic carbocycles. The Labute approximate surface area is 77.9 Å². The maximum atomic E-state index is 10.6. The highest BCUT2D eigenvalue weighted by molar-refractivity contribution is 7.20. The molecule has 0 aliphatic rings. The zero-order chi connectivity index (χ0) is 9.42. The van der Waals surface area contributed by atoms with E-state index in [1.807, 2.05) is 0 Å². The Bertz CT molecular complexity index is 473. The van der Waals surface area contributed by atoms with Gasteiger partial charge in [0.1, 0.15) is 0 Å². The summed E-state index contributed by atoms with van der Waals surface area (Å²) < 4.78 is 0.789. The van der Waals surface area contributed by atoms with Gasteiger partial charge < -0.3 is 10.2 Å². The largest absolute Gasteiger partial charge is 0.499 e. The number of aromatic hydroxyl groups is 1. The molecule has 0 unspecified atom stereocenters. The van der Waals surface area contributed by atoms with E-state index in [0.717, 1.165) is 10.1 Å². The molecule has 0 radical (unpaired) electrons. The van der Waals surface area contributed by atoms with Gasteiger partial charge in [-0.25, -0.2) is 4.79 Å². The second kappa shape index (κ2) is 2.74. The molecule has 0 amide bonds. The molecule has 4 heteroatoms. The van der Waals surface area contributed by atoms with Crippen LogP contribution >= 0.6 is 11.3 Å². The molecule has 13 heavy (non-hydrogen) atoms. The molecule has 1 heterocycles. The van der Waals surface area contributed by atoms with Crippen molar-refractivity contribution >= 4 is 27.4 Å². The number of thiophene rings is 1. The molecule has 3 nitrogen and oxygen atoms in total. The minimum atomic E-state index is -0.949. The second-order valence-corrected chi connectivity index (χ2v) is 3.70. The maximum absolute atomic E-state index is 10.6. The van der Waals surface area contributed by atoms with Gasteiger partial charge in [-0.15, -0.1) is 0 Å². The van der Waals surface area contributed by atoms with Gasteiger partial charge in [0.25, 0.3) is 0 Å². The van der Waals surface area contributed by atoms with Crippen molar-refractivity contribution in [3.05, 3.63) is 29.8 Å². The highest BCUT2D eigenvalue weighted by atomic mass is 32.1. The lowest BCUT2D eigenvalue weighted by Gasteiger charge is -1.92. The zero-order valence-electron chi connectivity index (χ0n) is 6.52. The summed E-state index contributed by atoms with van der Waals surface area (Å²) in [7, 11) is 0. The van der Waals surface area contributed by atoms with Gasteiger partial charge in [-0.2, -0.15) is 0 Å². The van der Waals surface area contributed by atoms with E-state index in [0.29, 0.717) is 0 Å². The minimum absolute atomic E-state index is 0.206. The standard InChI is InChI=1S/C9H6O3S/c10-8-4-5-1-2-6(9(11)12)3-7(5)13-8/h1-4,10H,(H,11,12). The van der Waals surface area contributed by atoms with Crippen LogP contribution in [-0.4, -0.2) is 16.2 Å². The van der Waals surface area contributed by atoms with Gasteiger partial charge in [-0.1, -0.05) is 17.4 Å². The Balaban J connectivity index is 2.67. The van der Waals surface area contributed by atoms with Crippen LogP contribution in [-0.2, 0) is 0 Å². The molecule has 0 fully saturated rings. The SMILES string of the molecule is O=C(O)c1ccc2cc(O)sc2c1. The smallest absolute Gasteiger partial charge is 0.335 e. The van der Waals surface area contributed by atoms with E-state index in [9.17, 15) is 4.79 Å². The number of benzene rings is 1. The highest BCUT2D eigenvalue weighted by Crippen LogP contribution is 2.30. The first kappa shape index (κ1) is 8.07. The van der Waals surface area contributed by atoms with Crippen molar-refractivity contribution in [2.75, 3.05) is 0 Å². The summed E-state index contributed by atoms with van der Waals surface area (Å²) in [5, 5.41) is 18.9. The lowest BCUT2D eigenvalue weighted by Crippen LogP contribution is -1.94. The number of rotatable bonds is 1. The molecule has 0 aliphatic carbocycles. The lowest BCUT2D eigenvalue weighted by atomic mass is 10.2. The van der Waals surface area contributed by atoms with Crippen LogP contribution in [0.5, 0.6) is 5.06 Å². The topological polar surface area (TPSA) is 57.5 Å². The predicted octanol–water partition coefficient (Wildman–Crippen LogP) is 2.31. The molecule has 0 spiro atoms. The molecular formula is C9H6O3S. The van der Waals surface area contributed by atoms with Crippen molar-refractivity contribution in [1.29, 1.82) is 0 Å². The Morgan fingerprint density at radius 3 is 2.77 bits per heavy atom. The Hall–Kier alpha value is -1.55. The summed E-state index contributed by atoms with van der Waals surface area (Å²) in [4.78, 5) is 10.6. The first-order chi connectivity index (χ1) is 6.16. The van der Waals surface area contributed by atoms with Crippen LogP contribution in [0.25, 0.3) is 10.1 Å². The van der Waals surface area contributed by atoms with Gasteiger partial charge in [0, 0.05) is 4.70 Å². The summed E-state index contributed by atoms with van der Waals surface area (Å²) in [6.07, 6.45) is 0. The van der Waals surface area contributed by atoms with Gasteiger partial charge in [0.05, 0.1) is 5.56 Å². The van der Waals surface area contributed by atoms with Gasteiger partial charge in [-0.05, 0) is 23.6 Å².